The summed E-state index contributed by atoms with van der Waals surface area (Å²) in [7, 11) is 8.03. The number of hydrogen-bond acceptors (Lipinski definition) is 5. The molecule has 158 valence electrons. The van der Waals surface area contributed by atoms with E-state index in [0.717, 1.165) is 22.5 Å². The van der Waals surface area contributed by atoms with Crippen molar-refractivity contribution in [2.24, 2.45) is 10.2 Å². The van der Waals surface area contributed by atoms with Gasteiger partial charge in [0.2, 0.25) is 0 Å². The number of rotatable bonds is 7. The molecule has 1 aromatic heterocycles. The first-order chi connectivity index (χ1) is 14.0. The number of hydrogen-bond donors (Lipinski definition) is 1. The molecule has 30 heavy (non-hydrogen) atoms. The Morgan fingerprint density at radius 1 is 0.867 bits per heavy atom. The van der Waals surface area contributed by atoms with Crippen molar-refractivity contribution in [3.8, 4) is 0 Å². The van der Waals surface area contributed by atoms with Gasteiger partial charge in [0, 0.05) is 39.6 Å². The van der Waals surface area contributed by atoms with Crippen molar-refractivity contribution in [1.29, 1.82) is 0 Å². The van der Waals surface area contributed by atoms with E-state index in [4.69, 9.17) is 0 Å². The average Bonchev–Trinajstić information content (AvgIpc) is 3.13. The van der Waals surface area contributed by atoms with Gasteiger partial charge in [-0.2, -0.15) is 0 Å². The highest BCUT2D eigenvalue weighted by molar-refractivity contribution is 5.80. The van der Waals surface area contributed by atoms with Gasteiger partial charge in [-0.1, -0.05) is 34.5 Å². The van der Waals surface area contributed by atoms with Crippen LogP contribution in [0.25, 0.3) is 0 Å². The van der Waals surface area contributed by atoms with Crippen LogP contribution in [0.15, 0.2) is 71.1 Å². The molecule has 0 radical (unpaired) electrons. The van der Waals surface area contributed by atoms with Crippen LogP contribution in [0, 0.1) is 0 Å². The molecule has 1 N–H and O–H groups in total. The zero-order valence-electron chi connectivity index (χ0n) is 17.6. The predicted octanol–water partition coefficient (Wildman–Crippen LogP) is -0.832. The maximum absolute atomic E-state index is 9.78. The molecule has 8 heteroatoms. The van der Waals surface area contributed by atoms with E-state index in [2.05, 4.69) is 10.2 Å². The van der Waals surface area contributed by atoms with Crippen molar-refractivity contribution in [1.82, 2.24) is 4.68 Å². The van der Waals surface area contributed by atoms with E-state index in [0.29, 0.717) is 5.82 Å². The molecule has 1 heterocycles. The second kappa shape index (κ2) is 10.6. The lowest BCUT2D eigenvalue weighted by Crippen LogP contribution is -3.00. The first kappa shape index (κ1) is 23.1. The Kier molecular flexibility index (Phi) is 8.15. The fourth-order valence-electron chi connectivity index (χ4n) is 2.73. The van der Waals surface area contributed by atoms with Gasteiger partial charge in [-0.15, -0.1) is 9.35 Å². The Labute approximate surface area is 183 Å². The smallest absolute Gasteiger partial charge is 0.333 e. The van der Waals surface area contributed by atoms with E-state index >= 15 is 0 Å². The summed E-state index contributed by atoms with van der Waals surface area (Å²) in [6, 6.07) is 16.2. The SMILES string of the molecule is CN(C)c1ccc(/C=N/n2cc[n+](/N=C/c3ccc(N(C)C)cc3)c2CO)cc1.[Cl-]. The Balaban J connectivity index is 0.00000320. The van der Waals surface area contributed by atoms with Crippen molar-refractivity contribution in [2.45, 2.75) is 6.61 Å². The topological polar surface area (TPSA) is 60.2 Å². The van der Waals surface area contributed by atoms with Crippen LogP contribution in [0.4, 0.5) is 11.4 Å². The molecular formula is C22H27ClN6O. The third-order valence-electron chi connectivity index (χ3n) is 4.50. The van der Waals surface area contributed by atoms with Gasteiger partial charge in [0.05, 0.1) is 12.4 Å². The zero-order chi connectivity index (χ0) is 20.8. The Morgan fingerprint density at radius 2 is 1.37 bits per heavy atom. The molecule has 7 nitrogen and oxygen atoms in total. The lowest BCUT2D eigenvalue weighted by Gasteiger charge is -2.11. The quantitative estimate of drug-likeness (QED) is 0.396. The van der Waals surface area contributed by atoms with Crippen LogP contribution in [0.1, 0.15) is 17.0 Å². The first-order valence-electron chi connectivity index (χ1n) is 9.34. The number of halogens is 1. The highest BCUT2D eigenvalue weighted by Crippen LogP contribution is 2.12. The first-order valence-corrected chi connectivity index (χ1v) is 9.34. The van der Waals surface area contributed by atoms with Crippen LogP contribution < -0.4 is 26.9 Å². The summed E-state index contributed by atoms with van der Waals surface area (Å²) in [6.07, 6.45) is 7.05. The van der Waals surface area contributed by atoms with Crippen LogP contribution in [0.2, 0.25) is 0 Å². The molecule has 0 aliphatic rings. The molecule has 0 fully saturated rings. The Morgan fingerprint density at radius 3 is 1.83 bits per heavy atom. The van der Waals surface area contributed by atoms with E-state index in [9.17, 15) is 5.11 Å². The summed E-state index contributed by atoms with van der Waals surface area (Å²) >= 11 is 0. The van der Waals surface area contributed by atoms with E-state index in [1.54, 1.807) is 34.2 Å². The highest BCUT2D eigenvalue weighted by atomic mass is 35.5. The minimum Gasteiger partial charge on any atom is -1.00 e. The number of aliphatic hydroxyl groups is 1. The van der Waals surface area contributed by atoms with Gasteiger partial charge in [0.1, 0.15) is 6.61 Å². The van der Waals surface area contributed by atoms with Gasteiger partial charge in [-0.3, -0.25) is 0 Å². The van der Waals surface area contributed by atoms with Gasteiger partial charge in [0.25, 0.3) is 0 Å². The summed E-state index contributed by atoms with van der Waals surface area (Å²) in [5.74, 6) is 0.562. The number of benzene rings is 2. The standard InChI is InChI=1S/C22H27N6O.ClH/c1-25(2)20-9-5-18(6-10-20)15-23-27-13-14-28(22(27)17-29)24-16-19-7-11-21(12-8-19)26(3)4;/h5-16,29H,17H2,1-4H3;1H/q+1;/p-1/b23-15+,24-16+;. The molecule has 3 aromatic rings. The number of aromatic nitrogens is 2. The van der Waals surface area contributed by atoms with E-state index in [-0.39, 0.29) is 19.0 Å². The predicted molar refractivity (Wildman–Crippen MR) is 118 cm³/mol. The van der Waals surface area contributed by atoms with E-state index in [1.807, 2.05) is 86.5 Å². The molecular weight excluding hydrogens is 400 g/mol. The maximum atomic E-state index is 9.78. The molecule has 0 saturated heterocycles. The molecule has 0 aliphatic heterocycles. The minimum atomic E-state index is -0.180. The van der Waals surface area contributed by atoms with Crippen molar-refractivity contribution < 1.29 is 22.2 Å². The second-order valence-corrected chi connectivity index (χ2v) is 7.02. The monoisotopic (exact) mass is 426 g/mol. The lowest BCUT2D eigenvalue weighted by molar-refractivity contribution is -0.687. The largest absolute Gasteiger partial charge is 1.00 e. The van der Waals surface area contributed by atoms with E-state index in [1.165, 1.54) is 0 Å². The lowest BCUT2D eigenvalue weighted by atomic mass is 10.2. The van der Waals surface area contributed by atoms with Gasteiger partial charge < -0.3 is 27.3 Å². The highest BCUT2D eigenvalue weighted by Gasteiger charge is 2.15. The summed E-state index contributed by atoms with van der Waals surface area (Å²) in [4.78, 5) is 4.09. The van der Waals surface area contributed by atoms with Gasteiger partial charge in [-0.25, -0.2) is 0 Å². The van der Waals surface area contributed by atoms with Crippen molar-refractivity contribution in [3.63, 3.8) is 0 Å². The molecule has 2 aromatic carbocycles. The van der Waals surface area contributed by atoms with Crippen molar-refractivity contribution >= 4 is 23.8 Å². The third-order valence-corrected chi connectivity index (χ3v) is 4.50. The van der Waals surface area contributed by atoms with Crippen LogP contribution in [-0.2, 0) is 6.61 Å². The minimum absolute atomic E-state index is 0. The summed E-state index contributed by atoms with van der Waals surface area (Å²) in [5.41, 5.74) is 4.21. The molecule has 0 atom stereocenters. The van der Waals surface area contributed by atoms with Gasteiger partial charge >= 0.3 is 5.82 Å². The number of nitrogens with zero attached hydrogens (tertiary/aromatic N) is 6. The van der Waals surface area contributed by atoms with Crippen molar-refractivity contribution in [2.75, 3.05) is 38.0 Å². The zero-order valence-corrected chi connectivity index (χ0v) is 18.4. The van der Waals surface area contributed by atoms with E-state index < -0.39 is 0 Å². The summed E-state index contributed by atoms with van der Waals surface area (Å²) < 4.78 is 3.23. The maximum Gasteiger partial charge on any atom is 0.333 e. The Hall–Kier alpha value is -3.16. The molecule has 3 rings (SSSR count). The molecule has 0 bridgehead atoms. The third kappa shape index (κ3) is 5.68. The molecule has 0 amide bonds. The summed E-state index contributed by atoms with van der Waals surface area (Å²) in [5, 5.41) is 18.7. The normalized spacial score (nSPS) is 11.1. The second-order valence-electron chi connectivity index (χ2n) is 7.02. The fraction of sp³-hybridized carbons (Fsp3) is 0.227. The van der Waals surface area contributed by atoms with Gasteiger partial charge in [0.15, 0.2) is 12.4 Å². The van der Waals surface area contributed by atoms with Crippen molar-refractivity contribution in [3.05, 3.63) is 77.9 Å². The summed E-state index contributed by atoms with van der Waals surface area (Å²) in [6.45, 7) is -0.180. The van der Waals surface area contributed by atoms with Crippen LogP contribution in [0.3, 0.4) is 0 Å². The molecule has 0 aliphatic carbocycles. The number of anilines is 2. The van der Waals surface area contributed by atoms with Crippen LogP contribution in [-0.4, -0.2) is 50.4 Å². The molecule has 0 saturated carbocycles. The average molecular weight is 427 g/mol. The molecule has 0 unspecified atom stereocenters. The Bertz CT molecular complexity index is 912. The fourth-order valence-corrected chi connectivity index (χ4v) is 2.73. The van der Waals surface area contributed by atoms with Gasteiger partial charge in [-0.05, 0) is 35.4 Å². The number of imidazole rings is 1. The number of aliphatic hydroxyl groups excluding tert-OH is 1. The van der Waals surface area contributed by atoms with Crippen LogP contribution >= 0.6 is 0 Å². The molecule has 0 spiro atoms. The van der Waals surface area contributed by atoms with Crippen LogP contribution in [0.5, 0.6) is 0 Å².